The van der Waals surface area contributed by atoms with Crippen LogP contribution in [0.25, 0.3) is 0 Å². The number of hydrogen-bond acceptors (Lipinski definition) is 2. The summed E-state index contributed by atoms with van der Waals surface area (Å²) in [6, 6.07) is 0. The first kappa shape index (κ1) is 15.0. The van der Waals surface area contributed by atoms with Gasteiger partial charge in [0.15, 0.2) is 0 Å². The van der Waals surface area contributed by atoms with Crippen LogP contribution in [0, 0.1) is 17.3 Å². The number of rotatable bonds is 7. The lowest BCUT2D eigenvalue weighted by atomic mass is 9.92. The Bertz CT molecular complexity index is 211. The third kappa shape index (κ3) is 5.39. The summed E-state index contributed by atoms with van der Waals surface area (Å²) >= 11 is 0. The number of nitrogens with zero attached hydrogens (tertiary/aromatic N) is 1. The normalized spacial score (nSPS) is 22.6. The Kier molecular flexibility index (Phi) is 5.94. The minimum absolute atomic E-state index is 0.404. The SMILES string of the molecule is CCCNCC(C)(C)CN1CCC(C(C)C)C1. The molecule has 1 N–H and O–H groups in total. The average molecular weight is 240 g/mol. The van der Waals surface area contributed by atoms with Crippen LogP contribution in [0.2, 0.25) is 0 Å². The van der Waals surface area contributed by atoms with Gasteiger partial charge in [0.25, 0.3) is 0 Å². The summed E-state index contributed by atoms with van der Waals surface area (Å²) in [5, 5.41) is 3.56. The van der Waals surface area contributed by atoms with Crippen molar-refractivity contribution in [1.82, 2.24) is 10.2 Å². The van der Waals surface area contributed by atoms with Gasteiger partial charge in [0.2, 0.25) is 0 Å². The molecule has 1 heterocycles. The molecule has 1 atom stereocenters. The first-order valence-electron chi connectivity index (χ1n) is 7.37. The Morgan fingerprint density at radius 3 is 2.59 bits per heavy atom. The van der Waals surface area contributed by atoms with Crippen LogP contribution in [0.1, 0.15) is 47.5 Å². The van der Waals surface area contributed by atoms with E-state index in [1.807, 2.05) is 0 Å². The van der Waals surface area contributed by atoms with Crippen molar-refractivity contribution in [2.24, 2.45) is 17.3 Å². The molecule has 0 aromatic heterocycles. The van der Waals surface area contributed by atoms with E-state index in [2.05, 4.69) is 44.8 Å². The molecule has 102 valence electrons. The second-order valence-electron chi connectivity index (χ2n) is 6.87. The summed E-state index contributed by atoms with van der Waals surface area (Å²) in [4.78, 5) is 2.66. The Hall–Kier alpha value is -0.0800. The number of likely N-dealkylation sites (tertiary alicyclic amines) is 1. The van der Waals surface area contributed by atoms with Gasteiger partial charge in [-0.3, -0.25) is 0 Å². The van der Waals surface area contributed by atoms with Crippen molar-refractivity contribution in [3.63, 3.8) is 0 Å². The largest absolute Gasteiger partial charge is 0.316 e. The van der Waals surface area contributed by atoms with Crippen LogP contribution in [-0.2, 0) is 0 Å². The van der Waals surface area contributed by atoms with Gasteiger partial charge >= 0.3 is 0 Å². The molecule has 0 spiro atoms. The minimum atomic E-state index is 0.404. The summed E-state index contributed by atoms with van der Waals surface area (Å²) in [6.45, 7) is 17.9. The highest BCUT2D eigenvalue weighted by Gasteiger charge is 2.29. The van der Waals surface area contributed by atoms with Crippen molar-refractivity contribution in [1.29, 1.82) is 0 Å². The fraction of sp³-hybridized carbons (Fsp3) is 1.00. The second-order valence-corrected chi connectivity index (χ2v) is 6.87. The lowest BCUT2D eigenvalue weighted by Crippen LogP contribution is -2.40. The summed E-state index contributed by atoms with van der Waals surface area (Å²) < 4.78 is 0. The van der Waals surface area contributed by atoms with E-state index in [0.29, 0.717) is 5.41 Å². The van der Waals surface area contributed by atoms with Gasteiger partial charge in [-0.2, -0.15) is 0 Å². The Morgan fingerprint density at radius 2 is 2.06 bits per heavy atom. The molecule has 0 aromatic rings. The van der Waals surface area contributed by atoms with Crippen molar-refractivity contribution >= 4 is 0 Å². The topological polar surface area (TPSA) is 15.3 Å². The van der Waals surface area contributed by atoms with E-state index in [4.69, 9.17) is 0 Å². The molecule has 0 bridgehead atoms. The maximum absolute atomic E-state index is 3.56. The molecule has 0 saturated carbocycles. The van der Waals surface area contributed by atoms with E-state index in [1.54, 1.807) is 0 Å². The van der Waals surface area contributed by atoms with Crippen molar-refractivity contribution < 1.29 is 0 Å². The van der Waals surface area contributed by atoms with Crippen LogP contribution in [0.5, 0.6) is 0 Å². The van der Waals surface area contributed by atoms with Gasteiger partial charge in [0.05, 0.1) is 0 Å². The van der Waals surface area contributed by atoms with Gasteiger partial charge in [-0.25, -0.2) is 0 Å². The molecular weight excluding hydrogens is 208 g/mol. The maximum Gasteiger partial charge on any atom is 0.00449 e. The zero-order chi connectivity index (χ0) is 12.9. The van der Waals surface area contributed by atoms with Crippen LogP contribution in [0.15, 0.2) is 0 Å². The molecule has 0 aromatic carbocycles. The van der Waals surface area contributed by atoms with E-state index < -0.39 is 0 Å². The predicted octanol–water partition coefficient (Wildman–Crippen LogP) is 2.99. The summed E-state index contributed by atoms with van der Waals surface area (Å²) in [7, 11) is 0. The van der Waals surface area contributed by atoms with Crippen LogP contribution in [-0.4, -0.2) is 37.6 Å². The number of nitrogens with one attached hydrogen (secondary N) is 1. The van der Waals surface area contributed by atoms with Gasteiger partial charge in [-0.05, 0) is 43.2 Å². The zero-order valence-electron chi connectivity index (χ0n) is 12.6. The maximum atomic E-state index is 3.56. The molecular formula is C15H32N2. The van der Waals surface area contributed by atoms with Gasteiger partial charge in [-0.1, -0.05) is 34.6 Å². The second kappa shape index (κ2) is 6.75. The molecule has 0 aliphatic carbocycles. The third-order valence-electron chi connectivity index (χ3n) is 3.93. The van der Waals surface area contributed by atoms with Crippen molar-refractivity contribution in [2.45, 2.75) is 47.5 Å². The molecule has 1 aliphatic rings. The van der Waals surface area contributed by atoms with Crippen molar-refractivity contribution in [3.05, 3.63) is 0 Å². The molecule has 1 fully saturated rings. The molecule has 1 aliphatic heterocycles. The molecule has 2 heteroatoms. The monoisotopic (exact) mass is 240 g/mol. The highest BCUT2D eigenvalue weighted by atomic mass is 15.2. The van der Waals surface area contributed by atoms with E-state index in [0.717, 1.165) is 24.9 Å². The number of hydrogen-bond donors (Lipinski definition) is 1. The molecule has 1 saturated heterocycles. The third-order valence-corrected chi connectivity index (χ3v) is 3.93. The van der Waals surface area contributed by atoms with Crippen LogP contribution in [0.3, 0.4) is 0 Å². The van der Waals surface area contributed by atoms with Gasteiger partial charge < -0.3 is 10.2 Å². The van der Waals surface area contributed by atoms with Crippen molar-refractivity contribution in [3.8, 4) is 0 Å². The fourth-order valence-corrected chi connectivity index (χ4v) is 2.82. The van der Waals surface area contributed by atoms with E-state index in [-0.39, 0.29) is 0 Å². The zero-order valence-corrected chi connectivity index (χ0v) is 12.6. The highest BCUT2D eigenvalue weighted by molar-refractivity contribution is 4.83. The summed E-state index contributed by atoms with van der Waals surface area (Å²) in [5.41, 5.74) is 0.404. The Morgan fingerprint density at radius 1 is 1.35 bits per heavy atom. The van der Waals surface area contributed by atoms with Crippen LogP contribution < -0.4 is 5.32 Å². The van der Waals surface area contributed by atoms with Crippen LogP contribution >= 0.6 is 0 Å². The lowest BCUT2D eigenvalue weighted by Gasteiger charge is -2.31. The van der Waals surface area contributed by atoms with Crippen LogP contribution in [0.4, 0.5) is 0 Å². The minimum Gasteiger partial charge on any atom is -0.316 e. The highest BCUT2D eigenvalue weighted by Crippen LogP contribution is 2.26. The van der Waals surface area contributed by atoms with Gasteiger partial charge in [0, 0.05) is 19.6 Å². The molecule has 0 amide bonds. The van der Waals surface area contributed by atoms with E-state index >= 15 is 0 Å². The molecule has 17 heavy (non-hydrogen) atoms. The quantitative estimate of drug-likeness (QED) is 0.688. The first-order valence-corrected chi connectivity index (χ1v) is 7.37. The Balaban J connectivity index is 2.28. The average Bonchev–Trinajstić information content (AvgIpc) is 2.65. The molecule has 0 radical (unpaired) electrons. The standard InChI is InChI=1S/C15H32N2/c1-6-8-16-11-15(4,5)12-17-9-7-14(10-17)13(2)3/h13-14,16H,6-12H2,1-5H3. The summed E-state index contributed by atoms with van der Waals surface area (Å²) in [6.07, 6.45) is 2.63. The smallest absolute Gasteiger partial charge is 0.00449 e. The van der Waals surface area contributed by atoms with E-state index in [1.165, 1.54) is 32.5 Å². The van der Waals surface area contributed by atoms with Crippen molar-refractivity contribution in [2.75, 3.05) is 32.7 Å². The first-order chi connectivity index (χ1) is 7.94. The van der Waals surface area contributed by atoms with Gasteiger partial charge in [-0.15, -0.1) is 0 Å². The fourth-order valence-electron chi connectivity index (χ4n) is 2.82. The summed E-state index contributed by atoms with van der Waals surface area (Å²) in [5.74, 6) is 1.77. The predicted molar refractivity (Wildman–Crippen MR) is 76.3 cm³/mol. The van der Waals surface area contributed by atoms with Gasteiger partial charge in [0.1, 0.15) is 0 Å². The molecule has 1 unspecified atom stereocenters. The lowest BCUT2D eigenvalue weighted by molar-refractivity contribution is 0.194. The molecule has 2 nitrogen and oxygen atoms in total. The Labute approximate surface area is 108 Å². The molecule has 1 rings (SSSR count). The van der Waals surface area contributed by atoms with E-state index in [9.17, 15) is 0 Å².